The summed E-state index contributed by atoms with van der Waals surface area (Å²) in [5, 5.41) is 43.7. The smallest absolute Gasteiger partial charge is 0.233 e. The van der Waals surface area contributed by atoms with Gasteiger partial charge in [0, 0.05) is 143 Å². The number of nitrogens with zero attached hydrogens (tertiary/aromatic N) is 20. The first-order chi connectivity index (χ1) is 59.3. The van der Waals surface area contributed by atoms with Crippen molar-refractivity contribution in [1.82, 2.24) is 101 Å². The number of benzene rings is 4. The van der Waals surface area contributed by atoms with Crippen LogP contribution in [0.25, 0.3) is 0 Å². The number of rotatable bonds is 24. The number of aromatic amines is 4. The molecule has 4 aliphatic heterocycles. The summed E-state index contributed by atoms with van der Waals surface area (Å²) in [5.41, 5.74) is 8.18. The molecule has 12 heterocycles. The summed E-state index contributed by atoms with van der Waals surface area (Å²) < 4.78 is 55.8. The van der Waals surface area contributed by atoms with Crippen molar-refractivity contribution in [3.05, 3.63) is 212 Å². The van der Waals surface area contributed by atoms with Crippen LogP contribution in [0.2, 0.25) is 5.02 Å². The van der Waals surface area contributed by atoms with Gasteiger partial charge in [-0.05, 0) is 202 Å². The maximum Gasteiger partial charge on any atom is 0.233 e. The van der Waals surface area contributed by atoms with Gasteiger partial charge in [0.05, 0.1) is 24.2 Å². The number of hydrogen-bond acceptors (Lipinski definition) is 24. The number of H-pyrrole nitrogens is 4. The molecule has 4 aromatic carbocycles. The van der Waals surface area contributed by atoms with Crippen LogP contribution in [-0.4, -0.2) is 127 Å². The summed E-state index contributed by atoms with van der Waals surface area (Å²) in [4.78, 5) is 65.4. The lowest BCUT2D eigenvalue weighted by Gasteiger charge is -2.26. The van der Waals surface area contributed by atoms with Crippen LogP contribution in [0.3, 0.4) is 0 Å². The lowest BCUT2D eigenvalue weighted by molar-refractivity contribution is 0.552. The van der Waals surface area contributed by atoms with Crippen molar-refractivity contribution in [2.45, 2.75) is 226 Å². The summed E-state index contributed by atoms with van der Waals surface area (Å²) in [7, 11) is 0. The Bertz CT molecular complexity index is 5520. The third-order valence-corrected chi connectivity index (χ3v) is 25.1. The van der Waals surface area contributed by atoms with E-state index in [0.29, 0.717) is 112 Å². The Kier molecular flexibility index (Phi) is 20.8. The van der Waals surface area contributed by atoms with Crippen molar-refractivity contribution in [2.75, 3.05) is 67.0 Å². The first kappa shape index (κ1) is 76.6. The van der Waals surface area contributed by atoms with Crippen molar-refractivity contribution in [3.63, 3.8) is 0 Å². The molecule has 12 aliphatic rings. The topological polar surface area (TPSA) is 330 Å². The Morgan fingerprint density at radius 3 is 0.909 bits per heavy atom. The summed E-state index contributed by atoms with van der Waals surface area (Å²) in [5.74, 6) is 13.5. The highest BCUT2D eigenvalue weighted by molar-refractivity contribution is 6.30. The van der Waals surface area contributed by atoms with Gasteiger partial charge in [0.15, 0.2) is 23.3 Å². The van der Waals surface area contributed by atoms with E-state index in [2.05, 4.69) is 121 Å². The van der Waals surface area contributed by atoms with E-state index in [-0.39, 0.29) is 35.8 Å². The Morgan fingerprint density at radius 2 is 0.587 bits per heavy atom. The van der Waals surface area contributed by atoms with Crippen molar-refractivity contribution >= 4 is 82.5 Å². The van der Waals surface area contributed by atoms with E-state index in [1.165, 1.54) is 98.6 Å². The molecule has 12 aromatic rings. The van der Waals surface area contributed by atoms with Crippen LogP contribution in [-0.2, 0) is 0 Å². The molecule has 4 atom stereocenters. The minimum atomic E-state index is -0.571. The van der Waals surface area contributed by atoms with Crippen LogP contribution in [0.1, 0.15) is 294 Å². The summed E-state index contributed by atoms with van der Waals surface area (Å²) in [6.07, 6.45) is 26.4. The number of hydrogen-bond donors (Lipinski definition) is 8. The number of anilines is 12. The quantitative estimate of drug-likeness (QED) is 0.0261. The first-order valence-electron chi connectivity index (χ1n) is 43.4. The molecule has 4 unspecified atom stereocenters. The summed E-state index contributed by atoms with van der Waals surface area (Å²) in [6.45, 7) is 3.34. The third kappa shape index (κ3) is 18.0. The molecule has 0 spiro atoms. The third-order valence-electron chi connectivity index (χ3n) is 24.9. The molecule has 28 nitrogen and oxygen atoms in total. The highest BCUT2D eigenvalue weighted by atomic mass is 35.5. The number of aromatic nitrogens is 20. The Balaban J connectivity index is 0.0000000996. The highest BCUT2D eigenvalue weighted by Crippen LogP contribution is 2.49. The van der Waals surface area contributed by atoms with Crippen molar-refractivity contribution in [2.24, 2.45) is 0 Å². The lowest BCUT2D eigenvalue weighted by Crippen LogP contribution is -2.26. The Morgan fingerprint density at radius 1 is 0.289 bits per heavy atom. The number of nitrogens with one attached hydrogen (secondary N) is 8. The van der Waals surface area contributed by atoms with Crippen LogP contribution in [0.15, 0.2) is 115 Å². The van der Waals surface area contributed by atoms with Gasteiger partial charge in [0.2, 0.25) is 47.6 Å². The second-order valence-electron chi connectivity index (χ2n) is 34.5. The second kappa shape index (κ2) is 33.0. The van der Waals surface area contributed by atoms with Crippen molar-refractivity contribution in [1.29, 1.82) is 0 Å². The first-order valence-corrected chi connectivity index (χ1v) is 43.8. The standard InChI is InChI=1S/C22H24ClN7.C22H23F2N7.2C22H24FN7/c23-16-9-7-14(8-10-16)18-2-1-11-30(18)22-26-20(15-5-6-15)25-21(27-22)24-19-12-17(28-29-19)13-3-4-13;23-14-7-8-15(16(24)10-14)18-2-1-9-31(18)22-27-20(13-5-6-13)26-21(28-22)25-19-11-17(29-30-19)12-3-4-12;23-16-9-7-14(8-10-16)18-2-1-11-30(18)22-26-20(15-5-6-15)25-21(27-22)24-19-12-17(28-29-19)13-3-4-13;23-16-5-2-1-4-15(16)18-6-3-11-30(18)22-26-20(14-9-10-14)25-21(27-22)24-19-12-17(28-29-19)13-7-8-13/h7-10,12-13,15,18H,1-6,11H2,(H2,24,25,26,27,28,29);7-8,10-13,18H,1-6,9H2,(H2,25,26,27,28,29,30);7-10,12-13,15,18H,1-6,11H2,(H2,24,25,26,27,28,29);1-2,4-5,12-14,18H,3,6-11H2,(H2,24,25,26,27,28,29). The molecule has 0 radical (unpaired) electrons. The van der Waals surface area contributed by atoms with Crippen LogP contribution in [0, 0.1) is 23.3 Å². The van der Waals surface area contributed by atoms with Crippen molar-refractivity contribution < 1.29 is 17.6 Å². The molecule has 8 aromatic heterocycles. The van der Waals surface area contributed by atoms with Gasteiger partial charge < -0.3 is 40.9 Å². The molecular formula is C88H95ClF4N28. The average molecular weight is 1660 g/mol. The fraction of sp³-hybridized carbons (Fsp3) is 0.455. The predicted molar refractivity (Wildman–Crippen MR) is 450 cm³/mol. The molecule has 0 amide bonds. The normalized spacial score (nSPS) is 21.2. The highest BCUT2D eigenvalue weighted by Gasteiger charge is 2.40. The van der Waals surface area contributed by atoms with E-state index in [4.69, 9.17) is 51.5 Å². The van der Waals surface area contributed by atoms with Gasteiger partial charge in [-0.3, -0.25) is 20.4 Å². The van der Waals surface area contributed by atoms with Crippen LogP contribution in [0.5, 0.6) is 0 Å². The molecule has 8 N–H and O–H groups in total. The molecule has 24 rings (SSSR count). The molecule has 8 aliphatic carbocycles. The van der Waals surface area contributed by atoms with E-state index in [1.54, 1.807) is 6.07 Å². The molecule has 8 saturated carbocycles. The molecule has 0 bridgehead atoms. The minimum absolute atomic E-state index is 0.0552. The van der Waals surface area contributed by atoms with E-state index < -0.39 is 11.6 Å². The SMILES string of the molecule is Clc1ccc(C2CCCN2c2nc(Nc3cc(C4CC4)[nH]n3)nc(C3CC3)n2)cc1.Fc1ccc(C2CCCN2c2nc(Nc3cc(C4CC4)[nH]n3)nc(C3CC3)n2)c(F)c1.Fc1ccc(C2CCCN2c2nc(Nc3cc(C4CC4)[nH]n3)nc(C3CC3)n2)cc1.Fc1ccccc1C1CCCN1c1nc(Nc2cc(C3CC3)[nH]n2)nc(C2CC2)n1. The van der Waals surface area contributed by atoms with Gasteiger partial charge in [-0.2, -0.15) is 80.2 Å². The molecule has 121 heavy (non-hydrogen) atoms. The zero-order valence-corrected chi connectivity index (χ0v) is 67.8. The Labute approximate surface area is 701 Å². The average Bonchev–Trinajstić information content (AvgIpc) is 1.70. The summed E-state index contributed by atoms with van der Waals surface area (Å²) in [6, 6.07) is 34.0. The van der Waals surface area contributed by atoms with E-state index in [0.717, 1.165) is 197 Å². The van der Waals surface area contributed by atoms with Gasteiger partial charge in [-0.15, -0.1) is 0 Å². The van der Waals surface area contributed by atoms with Crippen LogP contribution < -0.4 is 40.9 Å². The molecule has 33 heteroatoms. The fourth-order valence-corrected chi connectivity index (χ4v) is 17.2. The molecule has 12 fully saturated rings. The lowest BCUT2D eigenvalue weighted by atomic mass is 10.0. The zero-order valence-electron chi connectivity index (χ0n) is 67.0. The van der Waals surface area contributed by atoms with Crippen LogP contribution >= 0.6 is 11.6 Å². The van der Waals surface area contributed by atoms with Crippen molar-refractivity contribution in [3.8, 4) is 0 Å². The maximum absolute atomic E-state index is 14.5. The van der Waals surface area contributed by atoms with E-state index in [9.17, 15) is 17.6 Å². The monoisotopic (exact) mass is 1650 g/mol. The largest absolute Gasteiger partial charge is 0.334 e. The van der Waals surface area contributed by atoms with Crippen LogP contribution in [0.4, 0.5) is 88.4 Å². The van der Waals surface area contributed by atoms with Gasteiger partial charge in [0.25, 0.3) is 0 Å². The number of halogens is 5. The Hall–Kier alpha value is -11.8. The minimum Gasteiger partial charge on any atom is -0.334 e. The van der Waals surface area contributed by atoms with Gasteiger partial charge in [-0.25, -0.2) is 17.6 Å². The predicted octanol–water partition coefficient (Wildman–Crippen LogP) is 18.9. The summed E-state index contributed by atoms with van der Waals surface area (Å²) >= 11 is 6.09. The second-order valence-corrected chi connectivity index (χ2v) is 34.9. The molecule has 4 saturated heterocycles. The van der Waals surface area contributed by atoms with Gasteiger partial charge in [-0.1, -0.05) is 60.1 Å². The molecular weight excluding hydrogens is 1560 g/mol. The van der Waals surface area contributed by atoms with Gasteiger partial charge >= 0.3 is 0 Å². The van der Waals surface area contributed by atoms with Gasteiger partial charge in [0.1, 0.15) is 46.6 Å². The fourth-order valence-electron chi connectivity index (χ4n) is 17.1. The van der Waals surface area contributed by atoms with E-state index in [1.807, 2.05) is 53.4 Å². The zero-order chi connectivity index (χ0) is 81.2. The van der Waals surface area contributed by atoms with E-state index >= 15 is 0 Å². The maximum atomic E-state index is 14.5. The molecule has 622 valence electrons.